The lowest BCUT2D eigenvalue weighted by atomic mass is 9.82. The lowest BCUT2D eigenvalue weighted by Crippen LogP contribution is -2.14. The molecule has 5 heteroatoms. The number of benzene rings is 8. The third-order valence-electron chi connectivity index (χ3n) is 12.3. The Hall–Kier alpha value is -7.21. The van der Waals surface area contributed by atoms with Crippen molar-refractivity contribution in [3.63, 3.8) is 0 Å². The molecular weight excluding hydrogens is 737 g/mol. The molecule has 11 aromatic rings. The summed E-state index contributed by atoms with van der Waals surface area (Å²) in [5.74, 6) is 1.99. The third-order valence-corrected chi connectivity index (χ3v) is 13.4. The molecule has 0 fully saturated rings. The van der Waals surface area contributed by atoms with Crippen molar-refractivity contribution >= 4 is 53.3 Å². The number of aromatic nitrogens is 4. The van der Waals surface area contributed by atoms with Gasteiger partial charge in [-0.1, -0.05) is 147 Å². The maximum Gasteiger partial charge on any atom is 0.164 e. The summed E-state index contributed by atoms with van der Waals surface area (Å²) in [7, 11) is 0. The molecular formula is C54H36N4S. The largest absolute Gasteiger partial charge is 0.309 e. The van der Waals surface area contributed by atoms with E-state index in [4.69, 9.17) is 15.0 Å². The van der Waals surface area contributed by atoms with Crippen molar-refractivity contribution in [2.24, 2.45) is 0 Å². The number of para-hydroxylation sites is 1. The zero-order valence-electron chi connectivity index (χ0n) is 32.5. The number of fused-ring (bicyclic) bond motifs is 9. The second-order valence-electron chi connectivity index (χ2n) is 16.0. The molecule has 8 aromatic carbocycles. The number of rotatable bonds is 5. The van der Waals surface area contributed by atoms with Gasteiger partial charge in [-0.3, -0.25) is 0 Å². The first-order valence-corrected chi connectivity index (χ1v) is 20.9. The van der Waals surface area contributed by atoms with Crippen LogP contribution >= 0.6 is 11.3 Å². The van der Waals surface area contributed by atoms with E-state index in [-0.39, 0.29) is 5.41 Å². The average molecular weight is 773 g/mol. The van der Waals surface area contributed by atoms with Crippen molar-refractivity contribution < 1.29 is 0 Å². The Balaban J connectivity index is 1.01. The van der Waals surface area contributed by atoms with Crippen molar-refractivity contribution in [1.29, 1.82) is 0 Å². The predicted molar refractivity (Wildman–Crippen MR) is 246 cm³/mol. The van der Waals surface area contributed by atoms with Crippen LogP contribution in [0.1, 0.15) is 25.0 Å². The predicted octanol–water partition coefficient (Wildman–Crippen LogP) is 14.3. The van der Waals surface area contributed by atoms with E-state index < -0.39 is 0 Å². The fraction of sp³-hybridized carbons (Fsp3) is 0.0556. The van der Waals surface area contributed by atoms with Gasteiger partial charge in [0.2, 0.25) is 0 Å². The quantitative estimate of drug-likeness (QED) is 0.175. The molecule has 0 amide bonds. The van der Waals surface area contributed by atoms with Crippen LogP contribution in [-0.2, 0) is 5.41 Å². The molecule has 0 bridgehead atoms. The van der Waals surface area contributed by atoms with E-state index in [9.17, 15) is 0 Å². The molecule has 3 aromatic heterocycles. The molecule has 1 aliphatic rings. The Bertz CT molecular complexity index is 3410. The van der Waals surface area contributed by atoms with Crippen LogP contribution in [0.4, 0.5) is 0 Å². The lowest BCUT2D eigenvalue weighted by Gasteiger charge is -2.21. The Morgan fingerprint density at radius 1 is 0.407 bits per heavy atom. The first kappa shape index (κ1) is 33.9. The van der Waals surface area contributed by atoms with Gasteiger partial charge in [0.1, 0.15) is 0 Å². The summed E-state index contributed by atoms with van der Waals surface area (Å²) in [6.45, 7) is 4.68. The maximum absolute atomic E-state index is 5.12. The maximum atomic E-state index is 5.12. The van der Waals surface area contributed by atoms with Crippen molar-refractivity contribution in [3.05, 3.63) is 193 Å². The monoisotopic (exact) mass is 772 g/mol. The van der Waals surface area contributed by atoms with E-state index in [1.54, 1.807) is 0 Å². The van der Waals surface area contributed by atoms with E-state index in [0.717, 1.165) is 22.1 Å². The smallest absolute Gasteiger partial charge is 0.164 e. The first-order chi connectivity index (χ1) is 29.0. The molecule has 0 atom stereocenters. The normalized spacial score (nSPS) is 13.1. The van der Waals surface area contributed by atoms with Gasteiger partial charge in [-0.2, -0.15) is 0 Å². The Morgan fingerprint density at radius 3 is 1.80 bits per heavy atom. The molecule has 278 valence electrons. The molecule has 0 unspecified atom stereocenters. The molecule has 4 nitrogen and oxygen atoms in total. The number of thiophene rings is 1. The van der Waals surface area contributed by atoms with Crippen molar-refractivity contribution in [1.82, 2.24) is 19.5 Å². The van der Waals surface area contributed by atoms with Crippen molar-refractivity contribution in [3.8, 4) is 62.1 Å². The Kier molecular flexibility index (Phi) is 7.41. The van der Waals surface area contributed by atoms with Gasteiger partial charge in [-0.05, 0) is 81.9 Å². The van der Waals surface area contributed by atoms with Crippen LogP contribution < -0.4 is 0 Å². The highest BCUT2D eigenvalue weighted by Crippen LogP contribution is 2.50. The molecule has 1 aliphatic carbocycles. The van der Waals surface area contributed by atoms with E-state index in [2.05, 4.69) is 164 Å². The van der Waals surface area contributed by atoms with Crippen LogP contribution in [0.2, 0.25) is 0 Å². The van der Waals surface area contributed by atoms with Crippen LogP contribution in [0, 0.1) is 0 Å². The van der Waals surface area contributed by atoms with E-state index in [0.29, 0.717) is 17.5 Å². The topological polar surface area (TPSA) is 43.6 Å². The van der Waals surface area contributed by atoms with E-state index >= 15 is 0 Å². The minimum atomic E-state index is -0.0304. The SMILES string of the molecule is CC1(C)c2ccccc2-c2cc(-n3c4ccccc4c4cc(-c5ccc6sc7cccc(-c8nc(-c9ccccc9)nc(-c9ccccc9)n8)c7c6c5)ccc43)ccc21. The third kappa shape index (κ3) is 5.25. The highest BCUT2D eigenvalue weighted by molar-refractivity contribution is 7.26. The summed E-state index contributed by atoms with van der Waals surface area (Å²) in [5, 5.41) is 4.85. The Labute approximate surface area is 345 Å². The van der Waals surface area contributed by atoms with Gasteiger partial charge in [0.05, 0.1) is 11.0 Å². The van der Waals surface area contributed by atoms with Gasteiger partial charge in [-0.25, -0.2) is 15.0 Å². The first-order valence-electron chi connectivity index (χ1n) is 20.1. The van der Waals surface area contributed by atoms with Gasteiger partial charge in [0.15, 0.2) is 17.5 Å². The summed E-state index contributed by atoms with van der Waals surface area (Å²) in [5.41, 5.74) is 14.3. The summed E-state index contributed by atoms with van der Waals surface area (Å²) in [4.78, 5) is 15.2. The Morgan fingerprint density at radius 2 is 1.02 bits per heavy atom. The van der Waals surface area contributed by atoms with Gasteiger partial charge in [-0.15, -0.1) is 11.3 Å². The van der Waals surface area contributed by atoms with Gasteiger partial charge < -0.3 is 4.57 Å². The molecule has 0 saturated carbocycles. The van der Waals surface area contributed by atoms with Crippen molar-refractivity contribution in [2.75, 3.05) is 0 Å². The standard InChI is InChI=1S/C54H36N4S/c1-54(2)44-21-11-9-18-38(44)41-32-37(26-27-45(41)54)58-46-22-12-10-19-39(46)42-30-35(24-28-47(42)58)36-25-29-48-43(31-36)50-40(20-13-23-49(50)59-48)53-56-51(33-14-5-3-6-15-33)55-52(57-53)34-16-7-4-8-17-34/h3-32H,1-2H3. The second-order valence-corrected chi connectivity index (χ2v) is 17.1. The minimum Gasteiger partial charge on any atom is -0.309 e. The zero-order valence-corrected chi connectivity index (χ0v) is 33.3. The van der Waals surface area contributed by atoms with Gasteiger partial charge in [0, 0.05) is 58.7 Å². The molecule has 12 rings (SSSR count). The van der Waals surface area contributed by atoms with Crippen LogP contribution in [0.3, 0.4) is 0 Å². The van der Waals surface area contributed by atoms with E-state index in [1.807, 2.05) is 47.7 Å². The summed E-state index contributed by atoms with van der Waals surface area (Å²) in [6, 6.07) is 65.4. The molecule has 0 saturated heterocycles. The van der Waals surface area contributed by atoms with Crippen LogP contribution in [-0.4, -0.2) is 19.5 Å². The van der Waals surface area contributed by atoms with E-state index in [1.165, 1.54) is 75.7 Å². The number of hydrogen-bond acceptors (Lipinski definition) is 4. The highest BCUT2D eigenvalue weighted by atomic mass is 32.1. The van der Waals surface area contributed by atoms with Crippen LogP contribution in [0.15, 0.2) is 182 Å². The van der Waals surface area contributed by atoms with Gasteiger partial charge >= 0.3 is 0 Å². The minimum absolute atomic E-state index is 0.0304. The molecule has 0 spiro atoms. The fourth-order valence-electron chi connectivity index (χ4n) is 9.40. The fourth-order valence-corrected chi connectivity index (χ4v) is 10.5. The molecule has 3 heterocycles. The summed E-state index contributed by atoms with van der Waals surface area (Å²) < 4.78 is 4.87. The van der Waals surface area contributed by atoms with Crippen molar-refractivity contribution in [2.45, 2.75) is 19.3 Å². The molecule has 0 N–H and O–H groups in total. The van der Waals surface area contributed by atoms with Gasteiger partial charge in [0.25, 0.3) is 0 Å². The lowest BCUT2D eigenvalue weighted by molar-refractivity contribution is 0.660. The summed E-state index contributed by atoms with van der Waals surface area (Å²) >= 11 is 1.81. The highest BCUT2D eigenvalue weighted by Gasteiger charge is 2.35. The average Bonchev–Trinajstić information content (AvgIpc) is 3.91. The second kappa shape index (κ2) is 12.9. The molecule has 0 radical (unpaired) electrons. The molecule has 59 heavy (non-hydrogen) atoms. The number of hydrogen-bond donors (Lipinski definition) is 0. The number of nitrogens with zero attached hydrogens (tertiary/aromatic N) is 4. The molecule has 0 aliphatic heterocycles. The zero-order chi connectivity index (χ0) is 39.2. The van der Waals surface area contributed by atoms with Crippen LogP contribution in [0.5, 0.6) is 0 Å². The summed E-state index contributed by atoms with van der Waals surface area (Å²) in [6.07, 6.45) is 0. The van der Waals surface area contributed by atoms with Crippen LogP contribution in [0.25, 0.3) is 104 Å².